The molecule has 0 rings (SSSR count). The monoisotopic (exact) mass is 225 g/mol. The average Bonchev–Trinajstić information content (AvgIpc) is 1.81. The normalized spacial score (nSPS) is 10.8. The Kier molecular flexibility index (Phi) is 7.83. The molecule has 0 aromatic heterocycles. The zero-order chi connectivity index (χ0) is 6.24. The molecule has 48 valence electrons. The Morgan fingerprint density at radius 3 is 2.62 bits per heavy atom. The van der Waals surface area contributed by atoms with Gasteiger partial charge in [-0.15, -0.1) is 0 Å². The fourth-order valence-electron chi connectivity index (χ4n) is 0.470. The lowest BCUT2D eigenvalue weighted by molar-refractivity contribution is 0.759. The maximum Gasteiger partial charge on any atom is -0.00772 e. The van der Waals surface area contributed by atoms with Crippen LogP contribution in [0.5, 0.6) is 0 Å². The van der Waals surface area contributed by atoms with Crippen LogP contribution in [-0.4, -0.2) is 6.54 Å². The smallest absolute Gasteiger partial charge is 0.00772 e. The van der Waals surface area contributed by atoms with Crippen molar-refractivity contribution in [2.24, 2.45) is 5.73 Å². The fraction of sp³-hybridized carbons (Fsp3) is 0.667. The van der Waals surface area contributed by atoms with Crippen molar-refractivity contribution in [1.82, 2.24) is 0 Å². The fourth-order valence-corrected chi connectivity index (χ4v) is 0.829. The minimum Gasteiger partial charge on any atom is -0.330 e. The maximum absolute atomic E-state index is 5.28. The molecule has 0 atom stereocenters. The Morgan fingerprint density at radius 2 is 2.12 bits per heavy atom. The lowest BCUT2D eigenvalue weighted by Gasteiger charge is -1.88. The van der Waals surface area contributed by atoms with Crippen molar-refractivity contribution < 1.29 is 0 Å². The van der Waals surface area contributed by atoms with Crippen LogP contribution in [0.1, 0.15) is 19.3 Å². The third-order valence-electron chi connectivity index (χ3n) is 0.914. The Hall–Kier alpha value is 0.430. The molecule has 0 heterocycles. The predicted octanol–water partition coefficient (Wildman–Crippen LogP) is 2.06. The van der Waals surface area contributed by atoms with Crippen LogP contribution >= 0.6 is 22.6 Å². The molecule has 0 aliphatic carbocycles. The summed E-state index contributed by atoms with van der Waals surface area (Å²) >= 11 is 2.23. The Bertz CT molecular complexity index is 61.5. The molecule has 0 radical (unpaired) electrons. The third kappa shape index (κ3) is 6.43. The van der Waals surface area contributed by atoms with Gasteiger partial charge in [-0.3, -0.25) is 0 Å². The summed E-state index contributed by atoms with van der Waals surface area (Å²) in [6, 6.07) is 0. The van der Waals surface area contributed by atoms with Gasteiger partial charge in [-0.05, 0) is 29.9 Å². The van der Waals surface area contributed by atoms with Crippen molar-refractivity contribution in [2.75, 3.05) is 6.54 Å². The van der Waals surface area contributed by atoms with Gasteiger partial charge in [0.25, 0.3) is 0 Å². The van der Waals surface area contributed by atoms with Gasteiger partial charge in [0.1, 0.15) is 0 Å². The first kappa shape index (κ1) is 8.43. The topological polar surface area (TPSA) is 26.0 Å². The molecule has 2 N–H and O–H groups in total. The van der Waals surface area contributed by atoms with E-state index in [1.54, 1.807) is 0 Å². The second-order valence-corrected chi connectivity index (χ2v) is 2.37. The molecule has 0 saturated heterocycles. The molecular weight excluding hydrogens is 213 g/mol. The minimum absolute atomic E-state index is 0.828. The van der Waals surface area contributed by atoms with Crippen molar-refractivity contribution in [1.29, 1.82) is 0 Å². The molecule has 8 heavy (non-hydrogen) atoms. The van der Waals surface area contributed by atoms with Crippen LogP contribution in [0.3, 0.4) is 0 Å². The van der Waals surface area contributed by atoms with Crippen LogP contribution in [0.2, 0.25) is 0 Å². The van der Waals surface area contributed by atoms with Gasteiger partial charge in [0.2, 0.25) is 0 Å². The Morgan fingerprint density at radius 1 is 1.38 bits per heavy atom. The van der Waals surface area contributed by atoms with E-state index in [1.165, 1.54) is 12.8 Å². The molecule has 0 saturated carbocycles. The van der Waals surface area contributed by atoms with Crippen LogP contribution < -0.4 is 5.73 Å². The first-order chi connectivity index (χ1) is 3.91. The van der Waals surface area contributed by atoms with E-state index in [2.05, 4.69) is 28.7 Å². The van der Waals surface area contributed by atoms with Gasteiger partial charge >= 0.3 is 0 Å². The molecule has 0 aliphatic rings. The van der Waals surface area contributed by atoms with Gasteiger partial charge in [-0.25, -0.2) is 0 Å². The summed E-state index contributed by atoms with van der Waals surface area (Å²) in [7, 11) is 0. The molecule has 0 aliphatic heterocycles. The quantitative estimate of drug-likeness (QED) is 0.575. The zero-order valence-electron chi connectivity index (χ0n) is 4.94. The molecule has 2 heteroatoms. The number of unbranched alkanes of at least 4 members (excludes halogenated alkanes) is 2. The summed E-state index contributed by atoms with van der Waals surface area (Å²) in [4.78, 5) is 0. The number of hydrogen-bond donors (Lipinski definition) is 1. The first-order valence-electron chi connectivity index (χ1n) is 2.87. The van der Waals surface area contributed by atoms with E-state index < -0.39 is 0 Å². The lowest BCUT2D eigenvalue weighted by Crippen LogP contribution is -1.96. The minimum atomic E-state index is 0.828. The van der Waals surface area contributed by atoms with Gasteiger partial charge < -0.3 is 5.73 Å². The van der Waals surface area contributed by atoms with E-state index in [0.717, 1.165) is 13.0 Å². The lowest BCUT2D eigenvalue weighted by atomic mass is 10.2. The van der Waals surface area contributed by atoms with Crippen molar-refractivity contribution in [3.05, 3.63) is 10.2 Å². The van der Waals surface area contributed by atoms with Crippen molar-refractivity contribution in [3.8, 4) is 0 Å². The van der Waals surface area contributed by atoms with E-state index >= 15 is 0 Å². The number of rotatable bonds is 4. The summed E-state index contributed by atoms with van der Waals surface area (Å²) in [5, 5.41) is 0. The van der Waals surface area contributed by atoms with Crippen LogP contribution in [0.15, 0.2) is 10.2 Å². The third-order valence-corrected chi connectivity index (χ3v) is 1.42. The van der Waals surface area contributed by atoms with E-state index in [9.17, 15) is 0 Å². The number of halogens is 1. The van der Waals surface area contributed by atoms with E-state index in [4.69, 9.17) is 5.73 Å². The Labute approximate surface area is 64.5 Å². The highest BCUT2D eigenvalue weighted by molar-refractivity contribution is 14.1. The average molecular weight is 225 g/mol. The summed E-state index contributed by atoms with van der Waals surface area (Å²) < 4.78 is 2.05. The molecular formula is C6H12IN. The molecule has 0 fully saturated rings. The first-order valence-corrected chi connectivity index (χ1v) is 4.11. The standard InChI is InChI=1S/C6H12IN/c7-5-3-1-2-4-6-8/h3,5H,1-2,4,6,8H2. The van der Waals surface area contributed by atoms with Crippen molar-refractivity contribution in [2.45, 2.75) is 19.3 Å². The maximum atomic E-state index is 5.28. The molecule has 0 aromatic rings. The van der Waals surface area contributed by atoms with Gasteiger partial charge in [-0.1, -0.05) is 28.7 Å². The molecule has 0 spiro atoms. The second kappa shape index (κ2) is 7.43. The SMILES string of the molecule is NCCCCC=CI. The van der Waals surface area contributed by atoms with Crippen molar-refractivity contribution >= 4 is 22.6 Å². The molecule has 0 unspecified atom stereocenters. The van der Waals surface area contributed by atoms with E-state index in [0.29, 0.717) is 0 Å². The predicted molar refractivity (Wildman–Crippen MR) is 46.1 cm³/mol. The van der Waals surface area contributed by atoms with Crippen LogP contribution in [0, 0.1) is 0 Å². The molecule has 0 bridgehead atoms. The number of hydrogen-bond acceptors (Lipinski definition) is 1. The highest BCUT2D eigenvalue weighted by Crippen LogP contribution is 1.96. The van der Waals surface area contributed by atoms with Crippen LogP contribution in [0.25, 0.3) is 0 Å². The van der Waals surface area contributed by atoms with Gasteiger partial charge in [0, 0.05) is 0 Å². The number of allylic oxidation sites excluding steroid dienone is 1. The largest absolute Gasteiger partial charge is 0.330 e. The second-order valence-electron chi connectivity index (χ2n) is 1.65. The summed E-state index contributed by atoms with van der Waals surface area (Å²) in [5.74, 6) is 0. The van der Waals surface area contributed by atoms with Crippen molar-refractivity contribution in [3.63, 3.8) is 0 Å². The van der Waals surface area contributed by atoms with Gasteiger partial charge in [0.15, 0.2) is 0 Å². The van der Waals surface area contributed by atoms with Crippen LogP contribution in [0.4, 0.5) is 0 Å². The Balaban J connectivity index is 2.72. The van der Waals surface area contributed by atoms with E-state index in [1.807, 2.05) is 4.08 Å². The molecule has 1 nitrogen and oxygen atoms in total. The van der Waals surface area contributed by atoms with Crippen LogP contribution in [-0.2, 0) is 0 Å². The highest BCUT2D eigenvalue weighted by Gasteiger charge is 1.78. The summed E-state index contributed by atoms with van der Waals surface area (Å²) in [5.41, 5.74) is 5.28. The summed E-state index contributed by atoms with van der Waals surface area (Å²) in [6.45, 7) is 0.828. The van der Waals surface area contributed by atoms with Gasteiger partial charge in [-0.2, -0.15) is 0 Å². The van der Waals surface area contributed by atoms with Gasteiger partial charge in [0.05, 0.1) is 0 Å². The summed E-state index contributed by atoms with van der Waals surface area (Å²) in [6.07, 6.45) is 5.73. The highest BCUT2D eigenvalue weighted by atomic mass is 127. The molecule has 0 aromatic carbocycles. The zero-order valence-corrected chi connectivity index (χ0v) is 7.10. The van der Waals surface area contributed by atoms with E-state index in [-0.39, 0.29) is 0 Å². The molecule has 0 amide bonds. The number of nitrogens with two attached hydrogens (primary N) is 1.